The maximum atomic E-state index is 11.1. The number of hydrogen-bond acceptors (Lipinski definition) is 3. The van der Waals surface area contributed by atoms with Crippen LogP contribution in [0, 0.1) is 6.92 Å². The number of carbonyl (C=O) groups is 1. The van der Waals surface area contributed by atoms with Crippen molar-refractivity contribution in [1.82, 2.24) is 9.97 Å². The minimum Gasteiger partial charge on any atom is -0.481 e. The Morgan fingerprint density at radius 1 is 1.64 bits per heavy atom. The van der Waals surface area contributed by atoms with Gasteiger partial charge in [0, 0.05) is 6.20 Å². The molecule has 0 saturated heterocycles. The Labute approximate surface area is 83.0 Å². The molecule has 0 saturated carbocycles. The highest BCUT2D eigenvalue weighted by molar-refractivity contribution is 5.80. The first-order valence-electron chi connectivity index (χ1n) is 4.54. The Morgan fingerprint density at radius 3 is 2.71 bits per heavy atom. The van der Waals surface area contributed by atoms with E-state index in [0.29, 0.717) is 17.9 Å². The molecule has 1 aromatic rings. The van der Waals surface area contributed by atoms with E-state index >= 15 is 0 Å². The maximum absolute atomic E-state index is 11.1. The monoisotopic (exact) mass is 194 g/mol. The molecule has 0 aromatic carbocycles. The Bertz CT molecular complexity index is 352. The lowest BCUT2D eigenvalue weighted by Gasteiger charge is -2.22. The molecule has 1 aromatic heterocycles. The number of nitrogens with zero attached hydrogens (tertiary/aromatic N) is 2. The Hall–Kier alpha value is -1.45. The molecular formula is C10H14N2O2. The number of hydrogen-bond donors (Lipinski definition) is 1. The number of rotatable bonds is 3. The standard InChI is InChI=1S/C10H14N2O2/c1-4-10(3,9(13)14)8-5-6-11-7(2)12-8/h5-6H,4H2,1-3H3,(H,13,14). The van der Waals surface area contributed by atoms with Gasteiger partial charge >= 0.3 is 5.97 Å². The topological polar surface area (TPSA) is 63.1 Å². The number of aryl methyl sites for hydroxylation is 1. The van der Waals surface area contributed by atoms with Gasteiger partial charge in [-0.1, -0.05) is 6.92 Å². The normalized spacial score (nSPS) is 14.8. The highest BCUT2D eigenvalue weighted by atomic mass is 16.4. The van der Waals surface area contributed by atoms with Crippen molar-refractivity contribution < 1.29 is 9.90 Å². The van der Waals surface area contributed by atoms with Crippen LogP contribution in [0.5, 0.6) is 0 Å². The molecule has 0 radical (unpaired) electrons. The van der Waals surface area contributed by atoms with E-state index in [0.717, 1.165) is 0 Å². The highest BCUT2D eigenvalue weighted by Gasteiger charge is 2.34. The van der Waals surface area contributed by atoms with Crippen LogP contribution < -0.4 is 0 Å². The highest BCUT2D eigenvalue weighted by Crippen LogP contribution is 2.25. The predicted molar refractivity (Wildman–Crippen MR) is 52.0 cm³/mol. The minimum absolute atomic E-state index is 0.513. The van der Waals surface area contributed by atoms with Gasteiger partial charge in [-0.3, -0.25) is 4.79 Å². The third kappa shape index (κ3) is 1.73. The molecule has 1 N–H and O–H groups in total. The van der Waals surface area contributed by atoms with Crippen LogP contribution in [0.1, 0.15) is 31.8 Å². The van der Waals surface area contributed by atoms with Crippen molar-refractivity contribution in [3.8, 4) is 0 Å². The van der Waals surface area contributed by atoms with Crippen molar-refractivity contribution >= 4 is 5.97 Å². The first kappa shape index (κ1) is 10.6. The van der Waals surface area contributed by atoms with Crippen LogP contribution >= 0.6 is 0 Å². The summed E-state index contributed by atoms with van der Waals surface area (Å²) in [6.45, 7) is 5.27. The van der Waals surface area contributed by atoms with Crippen LogP contribution in [-0.4, -0.2) is 21.0 Å². The van der Waals surface area contributed by atoms with Crippen LogP contribution in [0.3, 0.4) is 0 Å². The molecule has 1 atom stereocenters. The summed E-state index contributed by atoms with van der Waals surface area (Å²) >= 11 is 0. The first-order chi connectivity index (χ1) is 6.50. The van der Waals surface area contributed by atoms with E-state index < -0.39 is 11.4 Å². The van der Waals surface area contributed by atoms with Gasteiger partial charge in [-0.15, -0.1) is 0 Å². The van der Waals surface area contributed by atoms with E-state index in [4.69, 9.17) is 5.11 Å². The zero-order valence-electron chi connectivity index (χ0n) is 8.61. The van der Waals surface area contributed by atoms with E-state index in [1.54, 1.807) is 26.1 Å². The van der Waals surface area contributed by atoms with Crippen LogP contribution in [-0.2, 0) is 10.2 Å². The quantitative estimate of drug-likeness (QED) is 0.792. The molecule has 1 unspecified atom stereocenters. The second kappa shape index (κ2) is 3.74. The fourth-order valence-corrected chi connectivity index (χ4v) is 1.21. The number of aliphatic carboxylic acids is 1. The van der Waals surface area contributed by atoms with Crippen molar-refractivity contribution in [3.05, 3.63) is 23.8 Å². The molecule has 0 aliphatic heterocycles. The summed E-state index contributed by atoms with van der Waals surface area (Å²) < 4.78 is 0. The van der Waals surface area contributed by atoms with Crippen molar-refractivity contribution in [1.29, 1.82) is 0 Å². The molecule has 0 aliphatic rings. The van der Waals surface area contributed by atoms with Crippen LogP contribution in [0.2, 0.25) is 0 Å². The molecule has 4 nitrogen and oxygen atoms in total. The van der Waals surface area contributed by atoms with E-state index in [1.165, 1.54) is 0 Å². The molecular weight excluding hydrogens is 180 g/mol. The summed E-state index contributed by atoms with van der Waals surface area (Å²) in [7, 11) is 0. The predicted octanol–water partition coefficient (Wildman–Crippen LogP) is 1.54. The molecule has 1 rings (SSSR count). The Kier molecular flexibility index (Phi) is 2.84. The van der Waals surface area contributed by atoms with Crippen molar-refractivity contribution in [3.63, 3.8) is 0 Å². The van der Waals surface area contributed by atoms with E-state index in [-0.39, 0.29) is 0 Å². The van der Waals surface area contributed by atoms with Crippen molar-refractivity contribution in [2.24, 2.45) is 0 Å². The van der Waals surface area contributed by atoms with E-state index in [9.17, 15) is 4.79 Å². The SMILES string of the molecule is CCC(C)(C(=O)O)c1ccnc(C)n1. The maximum Gasteiger partial charge on any atom is 0.315 e. The van der Waals surface area contributed by atoms with Gasteiger partial charge < -0.3 is 5.11 Å². The summed E-state index contributed by atoms with van der Waals surface area (Å²) in [4.78, 5) is 19.2. The van der Waals surface area contributed by atoms with Gasteiger partial charge in [0.25, 0.3) is 0 Å². The third-order valence-electron chi connectivity index (χ3n) is 2.52. The van der Waals surface area contributed by atoms with Crippen LogP contribution in [0.4, 0.5) is 0 Å². The summed E-state index contributed by atoms with van der Waals surface area (Å²) in [5.74, 6) is -0.249. The lowest BCUT2D eigenvalue weighted by molar-refractivity contribution is -0.143. The summed E-state index contributed by atoms with van der Waals surface area (Å²) in [5, 5.41) is 9.12. The second-order valence-corrected chi connectivity index (χ2v) is 3.48. The van der Waals surface area contributed by atoms with Gasteiger partial charge in [-0.05, 0) is 26.3 Å². The van der Waals surface area contributed by atoms with Gasteiger partial charge in [0.2, 0.25) is 0 Å². The molecule has 0 aliphatic carbocycles. The van der Waals surface area contributed by atoms with Gasteiger partial charge in [0.1, 0.15) is 11.2 Å². The molecule has 1 heterocycles. The van der Waals surface area contributed by atoms with Crippen LogP contribution in [0.25, 0.3) is 0 Å². The third-order valence-corrected chi connectivity index (χ3v) is 2.52. The average Bonchev–Trinajstić information content (AvgIpc) is 2.16. The lowest BCUT2D eigenvalue weighted by atomic mass is 9.84. The lowest BCUT2D eigenvalue weighted by Crippen LogP contribution is -2.32. The van der Waals surface area contributed by atoms with Gasteiger partial charge in [-0.25, -0.2) is 9.97 Å². The van der Waals surface area contributed by atoms with Crippen molar-refractivity contribution in [2.45, 2.75) is 32.6 Å². The molecule has 0 amide bonds. The molecule has 76 valence electrons. The Balaban J connectivity index is 3.19. The largest absolute Gasteiger partial charge is 0.481 e. The molecule has 0 fully saturated rings. The molecule has 0 spiro atoms. The minimum atomic E-state index is -0.909. The summed E-state index contributed by atoms with van der Waals surface area (Å²) in [5.41, 5.74) is -0.340. The summed E-state index contributed by atoms with van der Waals surface area (Å²) in [6.07, 6.45) is 2.10. The second-order valence-electron chi connectivity index (χ2n) is 3.48. The van der Waals surface area contributed by atoms with E-state index in [2.05, 4.69) is 9.97 Å². The summed E-state index contributed by atoms with van der Waals surface area (Å²) in [6, 6.07) is 1.66. The van der Waals surface area contributed by atoms with Gasteiger partial charge in [0.15, 0.2) is 0 Å². The zero-order chi connectivity index (χ0) is 10.8. The number of carboxylic acids is 1. The molecule has 14 heavy (non-hydrogen) atoms. The van der Waals surface area contributed by atoms with Crippen molar-refractivity contribution in [2.75, 3.05) is 0 Å². The number of aromatic nitrogens is 2. The van der Waals surface area contributed by atoms with Crippen LogP contribution in [0.15, 0.2) is 12.3 Å². The zero-order valence-corrected chi connectivity index (χ0v) is 8.61. The first-order valence-corrected chi connectivity index (χ1v) is 4.54. The van der Waals surface area contributed by atoms with Gasteiger partial charge in [-0.2, -0.15) is 0 Å². The van der Waals surface area contributed by atoms with E-state index in [1.807, 2.05) is 6.92 Å². The number of carboxylic acid groups (broad SMARTS) is 1. The Morgan fingerprint density at radius 2 is 2.29 bits per heavy atom. The fourth-order valence-electron chi connectivity index (χ4n) is 1.21. The smallest absolute Gasteiger partial charge is 0.315 e. The fraction of sp³-hybridized carbons (Fsp3) is 0.500. The molecule has 0 bridgehead atoms. The molecule has 4 heteroatoms. The van der Waals surface area contributed by atoms with Gasteiger partial charge in [0.05, 0.1) is 5.69 Å². The average molecular weight is 194 g/mol.